The molecule has 0 fully saturated rings. The van der Waals surface area contributed by atoms with Crippen molar-refractivity contribution in [3.05, 3.63) is 34.6 Å². The van der Waals surface area contributed by atoms with Gasteiger partial charge < -0.3 is 5.43 Å². The SMILES string of the molecule is CCCN=C(NN)c1ccc(Cl)c(F)c1. The highest BCUT2D eigenvalue weighted by Crippen LogP contribution is 2.15. The van der Waals surface area contributed by atoms with E-state index in [1.165, 1.54) is 12.1 Å². The molecule has 3 N–H and O–H groups in total. The van der Waals surface area contributed by atoms with Gasteiger partial charge in [0.1, 0.15) is 11.7 Å². The average Bonchev–Trinajstić information content (AvgIpc) is 2.24. The molecule has 0 radical (unpaired) electrons. The number of halogens is 2. The van der Waals surface area contributed by atoms with E-state index in [0.29, 0.717) is 17.9 Å². The van der Waals surface area contributed by atoms with Crippen molar-refractivity contribution in [3.63, 3.8) is 0 Å². The molecule has 1 rings (SSSR count). The lowest BCUT2D eigenvalue weighted by atomic mass is 10.2. The van der Waals surface area contributed by atoms with Gasteiger partial charge in [0.25, 0.3) is 0 Å². The number of benzene rings is 1. The number of rotatable bonds is 3. The van der Waals surface area contributed by atoms with Crippen molar-refractivity contribution in [1.29, 1.82) is 0 Å². The molecule has 0 heterocycles. The fourth-order valence-corrected chi connectivity index (χ4v) is 1.20. The Balaban J connectivity index is 2.97. The average molecular weight is 230 g/mol. The van der Waals surface area contributed by atoms with Crippen molar-refractivity contribution < 1.29 is 4.39 Å². The van der Waals surface area contributed by atoms with Gasteiger partial charge in [0.05, 0.1) is 5.02 Å². The Hall–Kier alpha value is -1.13. The summed E-state index contributed by atoms with van der Waals surface area (Å²) >= 11 is 5.57. The molecule has 0 saturated carbocycles. The molecule has 0 aliphatic rings. The predicted octanol–water partition coefficient (Wildman–Crippen LogP) is 2.10. The summed E-state index contributed by atoms with van der Waals surface area (Å²) in [7, 11) is 0. The minimum Gasteiger partial charge on any atom is -0.308 e. The number of hydrazine groups is 1. The van der Waals surface area contributed by atoms with Crippen molar-refractivity contribution in [2.45, 2.75) is 13.3 Å². The smallest absolute Gasteiger partial charge is 0.142 e. The molecule has 0 aliphatic carbocycles. The van der Waals surface area contributed by atoms with Crippen molar-refractivity contribution in [2.75, 3.05) is 6.54 Å². The van der Waals surface area contributed by atoms with E-state index in [4.69, 9.17) is 17.4 Å². The fourth-order valence-electron chi connectivity index (χ4n) is 1.09. The third-order valence-corrected chi connectivity index (χ3v) is 2.13. The molecule has 0 atom stereocenters. The van der Waals surface area contributed by atoms with E-state index in [2.05, 4.69) is 10.4 Å². The Kier molecular flexibility index (Phi) is 4.52. The second-order valence-corrected chi connectivity index (χ2v) is 3.41. The van der Waals surface area contributed by atoms with E-state index in [-0.39, 0.29) is 5.02 Å². The molecule has 1 aromatic carbocycles. The van der Waals surface area contributed by atoms with Crippen LogP contribution in [0, 0.1) is 5.82 Å². The van der Waals surface area contributed by atoms with Crippen molar-refractivity contribution in [3.8, 4) is 0 Å². The Morgan fingerprint density at radius 1 is 1.60 bits per heavy atom. The standard InChI is InChI=1S/C10H13ClFN3/c1-2-5-14-10(15-13)7-3-4-8(11)9(12)6-7/h3-4,6H,2,5,13H2,1H3,(H,14,15). The zero-order valence-electron chi connectivity index (χ0n) is 8.43. The number of hydrogen-bond donors (Lipinski definition) is 2. The maximum Gasteiger partial charge on any atom is 0.142 e. The van der Waals surface area contributed by atoms with Gasteiger partial charge in [-0.1, -0.05) is 18.5 Å². The van der Waals surface area contributed by atoms with Gasteiger partial charge in [0.2, 0.25) is 0 Å². The van der Waals surface area contributed by atoms with Crippen LogP contribution in [0.1, 0.15) is 18.9 Å². The largest absolute Gasteiger partial charge is 0.308 e. The van der Waals surface area contributed by atoms with Crippen LogP contribution < -0.4 is 11.3 Å². The Bertz CT molecular complexity index is 366. The third kappa shape index (κ3) is 3.18. The summed E-state index contributed by atoms with van der Waals surface area (Å²) in [5.41, 5.74) is 3.03. The lowest BCUT2D eigenvalue weighted by molar-refractivity contribution is 0.628. The second kappa shape index (κ2) is 5.68. The van der Waals surface area contributed by atoms with Crippen molar-refractivity contribution >= 4 is 17.4 Å². The number of nitrogens with zero attached hydrogens (tertiary/aromatic N) is 1. The van der Waals surface area contributed by atoms with E-state index in [0.717, 1.165) is 6.42 Å². The molecule has 0 spiro atoms. The van der Waals surface area contributed by atoms with Gasteiger partial charge in [-0.25, -0.2) is 10.2 Å². The van der Waals surface area contributed by atoms with E-state index in [9.17, 15) is 4.39 Å². The van der Waals surface area contributed by atoms with E-state index < -0.39 is 5.82 Å². The summed E-state index contributed by atoms with van der Waals surface area (Å²) in [6.45, 7) is 2.64. The lowest BCUT2D eigenvalue weighted by Gasteiger charge is -2.06. The number of aliphatic imine (C=N–C) groups is 1. The van der Waals surface area contributed by atoms with Gasteiger partial charge in [-0.3, -0.25) is 4.99 Å². The van der Waals surface area contributed by atoms with Gasteiger partial charge >= 0.3 is 0 Å². The molecular formula is C10H13ClFN3. The number of nitrogens with one attached hydrogen (secondary N) is 1. The summed E-state index contributed by atoms with van der Waals surface area (Å²) in [5.74, 6) is 5.28. The monoisotopic (exact) mass is 229 g/mol. The van der Waals surface area contributed by atoms with E-state index in [1.807, 2.05) is 6.92 Å². The highest BCUT2D eigenvalue weighted by Gasteiger charge is 2.05. The van der Waals surface area contributed by atoms with Crippen LogP contribution in [-0.2, 0) is 0 Å². The summed E-state index contributed by atoms with van der Waals surface area (Å²) in [5, 5.41) is 0.0885. The molecule has 0 aromatic heterocycles. The molecule has 5 heteroatoms. The quantitative estimate of drug-likeness (QED) is 0.361. The Morgan fingerprint density at radius 3 is 2.87 bits per heavy atom. The van der Waals surface area contributed by atoms with Crippen LogP contribution in [0.3, 0.4) is 0 Å². The zero-order valence-corrected chi connectivity index (χ0v) is 9.18. The first-order valence-electron chi connectivity index (χ1n) is 4.65. The van der Waals surface area contributed by atoms with Gasteiger partial charge in [-0.05, 0) is 24.6 Å². The summed E-state index contributed by atoms with van der Waals surface area (Å²) in [4.78, 5) is 4.17. The first-order valence-corrected chi connectivity index (χ1v) is 5.03. The van der Waals surface area contributed by atoms with Gasteiger partial charge in [-0.2, -0.15) is 0 Å². The molecule has 0 aliphatic heterocycles. The van der Waals surface area contributed by atoms with Crippen LogP contribution >= 0.6 is 11.6 Å². The highest BCUT2D eigenvalue weighted by molar-refractivity contribution is 6.30. The topological polar surface area (TPSA) is 50.4 Å². The molecule has 82 valence electrons. The summed E-state index contributed by atoms with van der Waals surface area (Å²) < 4.78 is 13.1. The molecule has 0 amide bonds. The molecular weight excluding hydrogens is 217 g/mol. The number of amidine groups is 1. The molecule has 0 unspecified atom stereocenters. The van der Waals surface area contributed by atoms with E-state index in [1.54, 1.807) is 6.07 Å². The predicted molar refractivity (Wildman–Crippen MR) is 60.4 cm³/mol. The molecule has 1 aromatic rings. The highest BCUT2D eigenvalue weighted by atomic mass is 35.5. The van der Waals surface area contributed by atoms with Crippen molar-refractivity contribution in [1.82, 2.24) is 5.43 Å². The van der Waals surface area contributed by atoms with Crippen LogP contribution in [-0.4, -0.2) is 12.4 Å². The van der Waals surface area contributed by atoms with E-state index >= 15 is 0 Å². The molecule has 0 bridgehead atoms. The lowest BCUT2D eigenvalue weighted by Crippen LogP contribution is -2.31. The minimum absolute atomic E-state index is 0.0885. The van der Waals surface area contributed by atoms with Gasteiger partial charge in [-0.15, -0.1) is 0 Å². The maximum atomic E-state index is 13.1. The maximum absolute atomic E-state index is 13.1. The minimum atomic E-state index is -0.478. The normalized spacial score (nSPS) is 11.6. The van der Waals surface area contributed by atoms with Crippen molar-refractivity contribution in [2.24, 2.45) is 10.8 Å². The van der Waals surface area contributed by atoms with Crippen LogP contribution in [0.4, 0.5) is 4.39 Å². The summed E-state index contributed by atoms with van der Waals surface area (Å²) in [6, 6.07) is 4.45. The molecule has 0 saturated heterocycles. The zero-order chi connectivity index (χ0) is 11.3. The molecule has 15 heavy (non-hydrogen) atoms. The second-order valence-electron chi connectivity index (χ2n) is 3.00. The summed E-state index contributed by atoms with van der Waals surface area (Å²) in [6.07, 6.45) is 0.904. The first-order chi connectivity index (χ1) is 7.19. The fraction of sp³-hybridized carbons (Fsp3) is 0.300. The van der Waals surface area contributed by atoms with Gasteiger partial charge in [0.15, 0.2) is 0 Å². The number of nitrogens with two attached hydrogens (primary N) is 1. The van der Waals surface area contributed by atoms with Crippen LogP contribution in [0.2, 0.25) is 5.02 Å². The van der Waals surface area contributed by atoms with Gasteiger partial charge in [0, 0.05) is 12.1 Å². The van der Waals surface area contributed by atoms with Crippen LogP contribution in [0.5, 0.6) is 0 Å². The van der Waals surface area contributed by atoms with Crippen LogP contribution in [0.25, 0.3) is 0 Å². The third-order valence-electron chi connectivity index (χ3n) is 1.82. The molecule has 3 nitrogen and oxygen atoms in total. The Labute approximate surface area is 93.1 Å². The first kappa shape index (κ1) is 11.9. The van der Waals surface area contributed by atoms with Crippen LogP contribution in [0.15, 0.2) is 23.2 Å². The number of hydrogen-bond acceptors (Lipinski definition) is 2. The Morgan fingerprint density at radius 2 is 2.33 bits per heavy atom.